The quantitative estimate of drug-likeness (QED) is 0.814. The summed E-state index contributed by atoms with van der Waals surface area (Å²) in [6, 6.07) is 17.8. The predicted molar refractivity (Wildman–Crippen MR) is 95.8 cm³/mol. The first kappa shape index (κ1) is 15.2. The summed E-state index contributed by atoms with van der Waals surface area (Å²) in [6.07, 6.45) is 1.93. The zero-order valence-electron chi connectivity index (χ0n) is 14.1. The number of benzene rings is 2. The van der Waals surface area contributed by atoms with Crippen LogP contribution in [-0.4, -0.2) is 42.6 Å². The molecular weight excluding hydrogens is 298 g/mol. The van der Waals surface area contributed by atoms with Gasteiger partial charge in [-0.05, 0) is 36.1 Å². The number of amides is 1. The number of hydrazine groups is 1. The Hall–Kier alpha value is -2.33. The van der Waals surface area contributed by atoms with Crippen molar-refractivity contribution in [3.05, 3.63) is 65.2 Å². The summed E-state index contributed by atoms with van der Waals surface area (Å²) in [5.74, 6) is 0. The van der Waals surface area contributed by atoms with Crippen molar-refractivity contribution in [2.75, 3.05) is 31.1 Å². The lowest BCUT2D eigenvalue weighted by atomic mass is 9.96. The van der Waals surface area contributed by atoms with Crippen molar-refractivity contribution in [3.8, 4) is 0 Å². The topological polar surface area (TPSA) is 26.8 Å². The van der Waals surface area contributed by atoms with Gasteiger partial charge in [-0.3, -0.25) is 9.80 Å². The van der Waals surface area contributed by atoms with Crippen molar-refractivity contribution in [1.82, 2.24) is 10.0 Å². The molecule has 24 heavy (non-hydrogen) atoms. The van der Waals surface area contributed by atoms with E-state index in [-0.39, 0.29) is 6.04 Å². The molecule has 0 saturated carbocycles. The van der Waals surface area contributed by atoms with Gasteiger partial charge in [-0.25, -0.2) is 5.01 Å². The zero-order chi connectivity index (χ0) is 16.5. The van der Waals surface area contributed by atoms with Crippen molar-refractivity contribution in [1.29, 1.82) is 0 Å². The lowest BCUT2D eigenvalue weighted by Gasteiger charge is -2.45. The van der Waals surface area contributed by atoms with Gasteiger partial charge in [0.05, 0.1) is 6.04 Å². The van der Waals surface area contributed by atoms with Gasteiger partial charge < -0.3 is 4.90 Å². The fraction of sp³-hybridized carbons (Fsp3) is 0.350. The van der Waals surface area contributed by atoms with Gasteiger partial charge in [0.25, 0.3) is 0 Å². The standard InChI is InChI=1S/C20H23N3O/c1-2-21(15-24)22-11-12-23-19-10-6-4-8-17(19)13-16-7-3-5-9-18(16)20(23)14-22/h3-10,15,20H,2,11-14H2,1H3. The van der Waals surface area contributed by atoms with E-state index in [1.807, 2.05) is 6.92 Å². The van der Waals surface area contributed by atoms with Gasteiger partial charge in [0.15, 0.2) is 0 Å². The number of carbonyl (C=O) groups excluding carboxylic acids is 1. The van der Waals surface area contributed by atoms with Gasteiger partial charge in [0.1, 0.15) is 0 Å². The van der Waals surface area contributed by atoms with Gasteiger partial charge in [0, 0.05) is 31.9 Å². The van der Waals surface area contributed by atoms with Crippen LogP contribution in [0, 0.1) is 0 Å². The van der Waals surface area contributed by atoms with Crippen molar-refractivity contribution in [3.63, 3.8) is 0 Å². The molecule has 2 aromatic rings. The minimum Gasteiger partial charge on any atom is -0.362 e. The molecule has 1 amide bonds. The Labute approximate surface area is 143 Å². The van der Waals surface area contributed by atoms with Crippen LogP contribution in [0.25, 0.3) is 0 Å². The number of piperazine rings is 1. The molecule has 0 aromatic heterocycles. The van der Waals surface area contributed by atoms with Crippen LogP contribution in [0.3, 0.4) is 0 Å². The summed E-state index contributed by atoms with van der Waals surface area (Å²) in [7, 11) is 0. The summed E-state index contributed by atoms with van der Waals surface area (Å²) in [4.78, 5) is 13.9. The van der Waals surface area contributed by atoms with E-state index in [4.69, 9.17) is 0 Å². The maximum absolute atomic E-state index is 11.4. The normalized spacial score (nSPS) is 19.7. The van der Waals surface area contributed by atoms with Crippen molar-refractivity contribution in [2.45, 2.75) is 19.4 Å². The van der Waals surface area contributed by atoms with Gasteiger partial charge in [-0.2, -0.15) is 0 Å². The molecule has 4 nitrogen and oxygen atoms in total. The Balaban J connectivity index is 1.78. The molecule has 0 N–H and O–H groups in total. The molecule has 2 aliphatic heterocycles. The molecule has 1 unspecified atom stereocenters. The molecule has 1 saturated heterocycles. The first-order chi connectivity index (χ1) is 11.8. The second-order valence-corrected chi connectivity index (χ2v) is 6.49. The Morgan fingerprint density at radius 1 is 1.08 bits per heavy atom. The number of para-hydroxylation sites is 1. The minimum absolute atomic E-state index is 0.285. The van der Waals surface area contributed by atoms with Crippen molar-refractivity contribution in [2.24, 2.45) is 0 Å². The number of nitrogens with zero attached hydrogens (tertiary/aromatic N) is 3. The molecule has 0 bridgehead atoms. The van der Waals surface area contributed by atoms with Gasteiger partial charge in [0.2, 0.25) is 6.41 Å². The van der Waals surface area contributed by atoms with Crippen LogP contribution in [0.1, 0.15) is 29.7 Å². The van der Waals surface area contributed by atoms with Gasteiger partial charge in [-0.15, -0.1) is 0 Å². The number of anilines is 1. The van der Waals surface area contributed by atoms with Crippen LogP contribution in [0.15, 0.2) is 48.5 Å². The highest BCUT2D eigenvalue weighted by Crippen LogP contribution is 2.39. The Morgan fingerprint density at radius 2 is 1.83 bits per heavy atom. The third kappa shape index (κ3) is 2.47. The van der Waals surface area contributed by atoms with E-state index in [2.05, 4.69) is 58.4 Å². The molecule has 0 aliphatic carbocycles. The molecule has 4 rings (SSSR count). The summed E-state index contributed by atoms with van der Waals surface area (Å²) >= 11 is 0. The molecule has 1 atom stereocenters. The second-order valence-electron chi connectivity index (χ2n) is 6.49. The fourth-order valence-electron chi connectivity index (χ4n) is 4.06. The lowest BCUT2D eigenvalue weighted by molar-refractivity contribution is -0.135. The average Bonchev–Trinajstić information content (AvgIpc) is 2.77. The van der Waals surface area contributed by atoms with E-state index in [1.54, 1.807) is 5.01 Å². The van der Waals surface area contributed by atoms with E-state index in [9.17, 15) is 4.79 Å². The number of carbonyl (C=O) groups is 1. The number of hydrogen-bond acceptors (Lipinski definition) is 3. The van der Waals surface area contributed by atoms with Crippen LogP contribution < -0.4 is 4.90 Å². The Kier molecular flexibility index (Phi) is 3.98. The molecule has 124 valence electrons. The Bertz CT molecular complexity index is 745. The summed E-state index contributed by atoms with van der Waals surface area (Å²) in [6.45, 7) is 5.39. The molecule has 0 radical (unpaired) electrons. The van der Waals surface area contributed by atoms with Crippen LogP contribution in [0.4, 0.5) is 5.69 Å². The largest absolute Gasteiger partial charge is 0.362 e. The maximum Gasteiger partial charge on any atom is 0.224 e. The van der Waals surface area contributed by atoms with Crippen molar-refractivity contribution >= 4 is 12.1 Å². The molecule has 2 heterocycles. The third-order valence-electron chi connectivity index (χ3n) is 5.26. The van der Waals surface area contributed by atoms with E-state index >= 15 is 0 Å². The lowest BCUT2D eigenvalue weighted by Crippen LogP contribution is -2.54. The van der Waals surface area contributed by atoms with Crippen LogP contribution >= 0.6 is 0 Å². The monoisotopic (exact) mass is 321 g/mol. The third-order valence-corrected chi connectivity index (χ3v) is 5.26. The number of fused-ring (bicyclic) bond motifs is 5. The molecule has 4 heteroatoms. The smallest absolute Gasteiger partial charge is 0.224 e. The molecule has 0 spiro atoms. The van der Waals surface area contributed by atoms with E-state index in [0.717, 1.165) is 32.5 Å². The van der Waals surface area contributed by atoms with Gasteiger partial charge >= 0.3 is 0 Å². The average molecular weight is 321 g/mol. The fourth-order valence-corrected chi connectivity index (χ4v) is 4.06. The predicted octanol–water partition coefficient (Wildman–Crippen LogP) is 2.85. The van der Waals surface area contributed by atoms with E-state index in [1.165, 1.54) is 22.4 Å². The summed E-state index contributed by atoms with van der Waals surface area (Å²) in [5, 5.41) is 4.00. The highest BCUT2D eigenvalue weighted by Gasteiger charge is 2.34. The molecule has 2 aromatic carbocycles. The van der Waals surface area contributed by atoms with E-state index in [0.29, 0.717) is 6.54 Å². The van der Waals surface area contributed by atoms with Crippen LogP contribution in [-0.2, 0) is 11.2 Å². The first-order valence-corrected chi connectivity index (χ1v) is 8.71. The summed E-state index contributed by atoms with van der Waals surface area (Å²) < 4.78 is 0. The summed E-state index contributed by atoms with van der Waals surface area (Å²) in [5.41, 5.74) is 5.52. The second kappa shape index (κ2) is 6.29. The SMILES string of the molecule is CCN(C=O)N1CCN2c3ccccc3Cc3ccccc3C2C1. The molecule has 1 fully saturated rings. The van der Waals surface area contributed by atoms with Crippen molar-refractivity contribution < 1.29 is 4.79 Å². The maximum atomic E-state index is 11.4. The van der Waals surface area contributed by atoms with Crippen LogP contribution in [0.2, 0.25) is 0 Å². The van der Waals surface area contributed by atoms with E-state index < -0.39 is 0 Å². The minimum atomic E-state index is 0.285. The molecular formula is C20H23N3O. The number of hydrogen-bond donors (Lipinski definition) is 0. The van der Waals surface area contributed by atoms with Crippen LogP contribution in [0.5, 0.6) is 0 Å². The highest BCUT2D eigenvalue weighted by molar-refractivity contribution is 5.60. The zero-order valence-corrected chi connectivity index (χ0v) is 14.1. The highest BCUT2D eigenvalue weighted by atomic mass is 16.1. The Morgan fingerprint density at radius 3 is 2.62 bits per heavy atom. The number of rotatable bonds is 3. The van der Waals surface area contributed by atoms with Gasteiger partial charge in [-0.1, -0.05) is 42.5 Å². The molecule has 2 aliphatic rings. The first-order valence-electron chi connectivity index (χ1n) is 8.71.